The Labute approximate surface area is 292 Å². The van der Waals surface area contributed by atoms with E-state index in [-0.39, 0.29) is 45.8 Å². The molecule has 8 unspecified atom stereocenters. The lowest BCUT2D eigenvalue weighted by Gasteiger charge is -2.36. The summed E-state index contributed by atoms with van der Waals surface area (Å²) in [6.07, 6.45) is 12.1. The van der Waals surface area contributed by atoms with Crippen molar-refractivity contribution in [3.8, 4) is 5.75 Å². The highest BCUT2D eigenvalue weighted by atomic mass is 32.2. The van der Waals surface area contributed by atoms with Gasteiger partial charge in [-0.3, -0.25) is 4.79 Å². The minimum absolute atomic E-state index is 0.0149. The minimum atomic E-state index is -1.71. The van der Waals surface area contributed by atoms with E-state index in [1.165, 1.54) is 41.7 Å². The molecule has 3 saturated heterocycles. The maximum atomic E-state index is 15.3. The summed E-state index contributed by atoms with van der Waals surface area (Å²) in [4.78, 5) is 33.4. The number of benzene rings is 1. The zero-order chi connectivity index (χ0) is 33.9. The largest absolute Gasteiger partial charge is 0.497 e. The number of fused-ring (bicyclic) bond motifs is 7. The maximum absolute atomic E-state index is 15.3. The molecule has 10 heteroatoms. The van der Waals surface area contributed by atoms with Gasteiger partial charge in [-0.05, 0) is 73.9 Å². The molecule has 5 aliphatic heterocycles. The Bertz CT molecular complexity index is 1700. The summed E-state index contributed by atoms with van der Waals surface area (Å²) >= 11 is -1.71. The number of hydrogen-bond acceptors (Lipinski definition) is 8. The molecule has 49 heavy (non-hydrogen) atoms. The maximum Gasteiger partial charge on any atom is 0.351 e. The van der Waals surface area contributed by atoms with Gasteiger partial charge in [0.2, 0.25) is 17.0 Å². The number of nitrogens with zero attached hydrogens (tertiary/aromatic N) is 2. The quantitative estimate of drug-likeness (QED) is 0.465. The van der Waals surface area contributed by atoms with Crippen molar-refractivity contribution in [2.75, 3.05) is 53.0 Å². The van der Waals surface area contributed by atoms with E-state index < -0.39 is 22.5 Å². The molecule has 9 nitrogen and oxygen atoms in total. The van der Waals surface area contributed by atoms with Gasteiger partial charge in [0.25, 0.3) is 0 Å². The third-order valence-corrected chi connectivity index (χ3v) is 14.9. The molecule has 0 bridgehead atoms. The summed E-state index contributed by atoms with van der Waals surface area (Å²) in [7, 11) is 1.72. The molecule has 0 aromatic heterocycles. The van der Waals surface area contributed by atoms with Crippen LogP contribution in [0.25, 0.3) is 5.70 Å². The van der Waals surface area contributed by atoms with Crippen molar-refractivity contribution in [3.05, 3.63) is 58.7 Å². The molecule has 5 fully saturated rings. The summed E-state index contributed by atoms with van der Waals surface area (Å²) in [5, 5.41) is 3.34. The molecular formula is C39H49N3O6S. The molecule has 9 rings (SSSR count). The number of ether oxygens (including phenoxy) is 2. The van der Waals surface area contributed by atoms with Crippen molar-refractivity contribution in [3.63, 3.8) is 0 Å². The van der Waals surface area contributed by atoms with Gasteiger partial charge in [0.1, 0.15) is 5.75 Å². The van der Waals surface area contributed by atoms with Gasteiger partial charge in [-0.15, -0.1) is 0 Å². The summed E-state index contributed by atoms with van der Waals surface area (Å²) in [6, 6.07) is 6.35. The number of amides is 1. The molecule has 1 aromatic rings. The van der Waals surface area contributed by atoms with E-state index in [0.29, 0.717) is 31.2 Å². The van der Waals surface area contributed by atoms with E-state index in [4.69, 9.17) is 13.7 Å². The van der Waals surface area contributed by atoms with Gasteiger partial charge in [-0.2, -0.15) is 0 Å². The van der Waals surface area contributed by atoms with Crippen LogP contribution >= 0.6 is 0 Å². The van der Waals surface area contributed by atoms with E-state index in [9.17, 15) is 9.00 Å². The SMILES string of the molecule is COc1ccc2c(c1)C1C(C)C1(C(=O)N1CC34CNCC3(COC4)C1)CN1C2=C(C2CCCCC2)C2C=CC(C(=O)OS(=O)C(C)C)=CC21. The van der Waals surface area contributed by atoms with E-state index in [2.05, 4.69) is 46.3 Å². The van der Waals surface area contributed by atoms with Crippen molar-refractivity contribution < 1.29 is 27.5 Å². The summed E-state index contributed by atoms with van der Waals surface area (Å²) < 4.78 is 29.8. The highest BCUT2D eigenvalue weighted by molar-refractivity contribution is 7.81. The van der Waals surface area contributed by atoms with Gasteiger partial charge in [0.05, 0.1) is 42.6 Å². The lowest BCUT2D eigenvalue weighted by molar-refractivity contribution is -0.138. The molecular weight excluding hydrogens is 639 g/mol. The first kappa shape index (κ1) is 32.0. The van der Waals surface area contributed by atoms with Crippen LogP contribution in [0.2, 0.25) is 0 Å². The predicted molar refractivity (Wildman–Crippen MR) is 187 cm³/mol. The molecule has 3 aliphatic carbocycles. The van der Waals surface area contributed by atoms with Crippen LogP contribution in [-0.2, 0) is 29.6 Å². The lowest BCUT2D eigenvalue weighted by atomic mass is 9.71. The van der Waals surface area contributed by atoms with Crippen LogP contribution in [0.3, 0.4) is 0 Å². The zero-order valence-electron chi connectivity index (χ0n) is 29.2. The van der Waals surface area contributed by atoms with Gasteiger partial charge < -0.3 is 28.8 Å². The Morgan fingerprint density at radius 3 is 2.49 bits per heavy atom. The van der Waals surface area contributed by atoms with Crippen molar-refractivity contribution in [2.45, 2.75) is 70.1 Å². The highest BCUT2D eigenvalue weighted by Gasteiger charge is 2.74. The average Bonchev–Trinajstić information content (AvgIpc) is 3.43. The monoisotopic (exact) mass is 687 g/mol. The Balaban J connectivity index is 1.16. The number of carbonyl (C=O) groups is 2. The first-order valence-corrected chi connectivity index (χ1v) is 19.6. The Kier molecular flexibility index (Phi) is 7.36. The number of hydrogen-bond donors (Lipinski definition) is 1. The summed E-state index contributed by atoms with van der Waals surface area (Å²) in [5.41, 5.74) is 4.92. The van der Waals surface area contributed by atoms with E-state index in [0.717, 1.165) is 44.8 Å². The fourth-order valence-electron chi connectivity index (χ4n) is 11.2. The first-order chi connectivity index (χ1) is 23.6. The molecule has 1 aromatic carbocycles. The Morgan fingerprint density at radius 2 is 1.80 bits per heavy atom. The molecule has 2 saturated carbocycles. The molecule has 8 atom stereocenters. The Hall–Kier alpha value is -2.95. The predicted octanol–water partition coefficient (Wildman–Crippen LogP) is 4.58. The number of nitrogens with one attached hydrogen (secondary N) is 1. The summed E-state index contributed by atoms with van der Waals surface area (Å²) in [6.45, 7) is 11.1. The molecule has 262 valence electrons. The molecule has 1 N–H and O–H groups in total. The highest BCUT2D eigenvalue weighted by Crippen LogP contribution is 2.71. The molecule has 1 amide bonds. The van der Waals surface area contributed by atoms with E-state index >= 15 is 4.79 Å². The van der Waals surface area contributed by atoms with Crippen LogP contribution in [0.1, 0.15) is 69.9 Å². The minimum Gasteiger partial charge on any atom is -0.497 e. The fraction of sp³-hybridized carbons (Fsp3) is 0.641. The number of likely N-dealkylation sites (tertiary alicyclic amines) is 1. The molecule has 0 spiro atoms. The van der Waals surface area contributed by atoms with E-state index in [1.54, 1.807) is 21.0 Å². The van der Waals surface area contributed by atoms with Crippen molar-refractivity contribution in [1.82, 2.24) is 15.1 Å². The van der Waals surface area contributed by atoms with Crippen molar-refractivity contribution in [2.24, 2.45) is 34.0 Å². The van der Waals surface area contributed by atoms with Crippen LogP contribution in [0.4, 0.5) is 0 Å². The molecule has 0 radical (unpaired) electrons. The molecule has 8 aliphatic rings. The average molecular weight is 688 g/mol. The summed E-state index contributed by atoms with van der Waals surface area (Å²) in [5.74, 6) is 1.27. The standard InChI is InChI=1S/C39H49N3O6S/c1-23(2)49(45)48-35(43)26-10-12-29-31(14-26)42-20-39(36(44)41-18-37-16-40-17-38(37,19-41)22-47-21-37)24(3)33(39)30-15-27(46-4)11-13-28(30)34(42)32(29)25-8-6-5-7-9-25/h10-15,23-25,29,31,33,40H,5-9,16-22H2,1-4H3. The fourth-order valence-corrected chi connectivity index (χ4v) is 11.6. The number of rotatable bonds is 6. The third-order valence-electron chi connectivity index (χ3n) is 13.8. The van der Waals surface area contributed by atoms with Crippen LogP contribution in [0.5, 0.6) is 5.75 Å². The van der Waals surface area contributed by atoms with Gasteiger partial charge in [0, 0.05) is 66.7 Å². The third kappa shape index (κ3) is 4.45. The van der Waals surface area contributed by atoms with Gasteiger partial charge >= 0.3 is 5.97 Å². The van der Waals surface area contributed by atoms with Crippen LogP contribution < -0.4 is 10.1 Å². The second-order valence-electron chi connectivity index (χ2n) is 16.5. The van der Waals surface area contributed by atoms with Crippen molar-refractivity contribution >= 4 is 28.7 Å². The van der Waals surface area contributed by atoms with Crippen LogP contribution in [0, 0.1) is 34.0 Å². The normalized spacial score (nSPS) is 37.9. The number of carbonyl (C=O) groups excluding carboxylic acids is 2. The zero-order valence-corrected chi connectivity index (χ0v) is 30.0. The second-order valence-corrected chi connectivity index (χ2v) is 18.2. The first-order valence-electron chi connectivity index (χ1n) is 18.4. The van der Waals surface area contributed by atoms with Crippen LogP contribution in [0.15, 0.2) is 47.6 Å². The lowest BCUT2D eigenvalue weighted by Crippen LogP contribution is -2.47. The second kappa shape index (κ2) is 11.3. The van der Waals surface area contributed by atoms with Gasteiger partial charge in [0.15, 0.2) is 0 Å². The number of methoxy groups -OCH3 is 1. The molecule has 5 heterocycles. The van der Waals surface area contributed by atoms with Crippen molar-refractivity contribution in [1.29, 1.82) is 0 Å². The Morgan fingerprint density at radius 1 is 1.06 bits per heavy atom. The smallest absolute Gasteiger partial charge is 0.351 e. The van der Waals surface area contributed by atoms with Gasteiger partial charge in [-0.25, -0.2) is 9.00 Å². The van der Waals surface area contributed by atoms with E-state index in [1.807, 2.05) is 12.2 Å². The topological polar surface area (TPSA) is 97.4 Å². The van der Waals surface area contributed by atoms with Gasteiger partial charge in [-0.1, -0.05) is 38.3 Å². The van der Waals surface area contributed by atoms with Crippen LogP contribution in [-0.4, -0.2) is 90.2 Å².